The first kappa shape index (κ1) is 29.8. The molecule has 1 aliphatic heterocycles. The van der Waals surface area contributed by atoms with Gasteiger partial charge in [-0.3, -0.25) is 4.68 Å². The van der Waals surface area contributed by atoms with E-state index in [1.165, 1.54) is 11.6 Å². The first-order valence-electron chi connectivity index (χ1n) is 15.1. The van der Waals surface area contributed by atoms with Gasteiger partial charge in [0.1, 0.15) is 5.65 Å². The average Bonchev–Trinajstić information content (AvgIpc) is 3.50. The lowest BCUT2D eigenvalue weighted by atomic mass is 9.86. The standard InChI is InChI=1S/C35H39FN4O4/c1-19-24-9-8-14-43-31(24)27(36)17-25(19)30-26-16-23(13-11-21-10-12-22-18-37-40(7)28(22)15-21)39(6)33(26)38-20(2)29(30)32(34(41)42)44-35(3,4)5/h10,12,15-18,32H,8-9,11,13-14H2,1-7H3,(H,41,42)/t32-/m0/s1. The molecule has 2 aromatic carbocycles. The number of aromatic nitrogens is 4. The van der Waals surface area contributed by atoms with Crippen molar-refractivity contribution in [3.63, 3.8) is 0 Å². The second-order valence-corrected chi connectivity index (χ2v) is 12.8. The number of hydrogen-bond acceptors (Lipinski definition) is 5. The average molecular weight is 599 g/mol. The van der Waals surface area contributed by atoms with E-state index in [1.807, 2.05) is 59.6 Å². The van der Waals surface area contributed by atoms with Gasteiger partial charge in [0.2, 0.25) is 0 Å². The molecule has 0 bridgehead atoms. The van der Waals surface area contributed by atoms with E-state index in [9.17, 15) is 9.90 Å². The molecule has 0 saturated heterocycles. The summed E-state index contributed by atoms with van der Waals surface area (Å²) in [7, 11) is 3.92. The van der Waals surface area contributed by atoms with E-state index in [2.05, 4.69) is 33.9 Å². The van der Waals surface area contributed by atoms with Crippen molar-refractivity contribution in [3.05, 3.63) is 76.0 Å². The summed E-state index contributed by atoms with van der Waals surface area (Å²) in [4.78, 5) is 17.7. The van der Waals surface area contributed by atoms with Gasteiger partial charge in [-0.2, -0.15) is 5.10 Å². The van der Waals surface area contributed by atoms with Crippen LogP contribution in [0.3, 0.4) is 0 Å². The summed E-state index contributed by atoms with van der Waals surface area (Å²) in [5.41, 5.74) is 7.24. The number of carboxylic acids is 1. The number of aliphatic carboxylic acids is 1. The van der Waals surface area contributed by atoms with E-state index in [-0.39, 0.29) is 0 Å². The van der Waals surface area contributed by atoms with Crippen LogP contribution in [0.5, 0.6) is 5.75 Å². The lowest BCUT2D eigenvalue weighted by Crippen LogP contribution is -2.28. The lowest BCUT2D eigenvalue weighted by molar-refractivity contribution is -0.160. The Hall–Kier alpha value is -4.24. The van der Waals surface area contributed by atoms with Crippen molar-refractivity contribution in [1.29, 1.82) is 0 Å². The summed E-state index contributed by atoms with van der Waals surface area (Å²) in [6.45, 7) is 9.73. The summed E-state index contributed by atoms with van der Waals surface area (Å²) in [5.74, 6) is -1.27. The molecule has 1 atom stereocenters. The first-order chi connectivity index (χ1) is 20.8. The Bertz CT molecular complexity index is 1930. The maximum atomic E-state index is 15.7. The minimum Gasteiger partial charge on any atom is -0.490 e. The summed E-state index contributed by atoms with van der Waals surface area (Å²) < 4.78 is 31.5. The van der Waals surface area contributed by atoms with Gasteiger partial charge in [0.25, 0.3) is 0 Å². The minimum absolute atomic E-state index is 0.293. The third-order valence-electron chi connectivity index (χ3n) is 8.65. The van der Waals surface area contributed by atoms with Crippen molar-refractivity contribution in [1.82, 2.24) is 19.3 Å². The molecule has 1 N–H and O–H groups in total. The summed E-state index contributed by atoms with van der Waals surface area (Å²) >= 11 is 0. The quantitative estimate of drug-likeness (QED) is 0.218. The van der Waals surface area contributed by atoms with Crippen LogP contribution in [0.25, 0.3) is 33.1 Å². The molecule has 0 amide bonds. The number of aryl methyl sites for hydroxylation is 5. The van der Waals surface area contributed by atoms with Crippen LogP contribution in [0.1, 0.15) is 66.9 Å². The number of nitrogens with zero attached hydrogens (tertiary/aromatic N) is 4. The number of pyridine rings is 1. The molecule has 0 unspecified atom stereocenters. The molecule has 5 aromatic rings. The van der Waals surface area contributed by atoms with Crippen molar-refractivity contribution >= 4 is 27.9 Å². The number of carbonyl (C=O) groups is 1. The highest BCUT2D eigenvalue weighted by molar-refractivity contribution is 5.99. The zero-order valence-corrected chi connectivity index (χ0v) is 26.4. The second kappa shape index (κ2) is 11.0. The molecule has 3 aromatic heterocycles. The fourth-order valence-electron chi connectivity index (χ4n) is 6.48. The van der Waals surface area contributed by atoms with Gasteiger partial charge in [-0.05, 0) is 95.2 Å². The monoisotopic (exact) mass is 598 g/mol. The van der Waals surface area contributed by atoms with Crippen molar-refractivity contribution in [2.75, 3.05) is 6.61 Å². The predicted octanol–water partition coefficient (Wildman–Crippen LogP) is 6.93. The van der Waals surface area contributed by atoms with Crippen LogP contribution in [-0.2, 0) is 42.9 Å². The van der Waals surface area contributed by atoms with Gasteiger partial charge in [-0.25, -0.2) is 14.2 Å². The zero-order chi connectivity index (χ0) is 31.5. The smallest absolute Gasteiger partial charge is 0.337 e. The fraction of sp³-hybridized carbons (Fsp3) is 0.400. The number of carboxylic acid groups (broad SMARTS) is 1. The Morgan fingerprint density at radius 3 is 2.66 bits per heavy atom. The first-order valence-corrected chi connectivity index (χ1v) is 15.1. The number of hydrogen-bond donors (Lipinski definition) is 1. The highest BCUT2D eigenvalue weighted by atomic mass is 19.1. The minimum atomic E-state index is -1.30. The van der Waals surface area contributed by atoms with E-state index < -0.39 is 23.5 Å². The molecular weight excluding hydrogens is 559 g/mol. The van der Waals surface area contributed by atoms with Crippen LogP contribution in [0, 0.1) is 19.7 Å². The fourth-order valence-corrected chi connectivity index (χ4v) is 6.48. The Morgan fingerprint density at radius 2 is 1.93 bits per heavy atom. The largest absolute Gasteiger partial charge is 0.490 e. The van der Waals surface area contributed by atoms with Crippen molar-refractivity contribution < 1.29 is 23.8 Å². The SMILES string of the molecule is Cc1nc2c(cc(CCc3ccc4cnn(C)c4c3)n2C)c(-c2cc(F)c3c(c2C)CCCO3)c1[C@H](OC(C)(C)C)C(=O)O. The highest BCUT2D eigenvalue weighted by Gasteiger charge is 2.34. The number of rotatable bonds is 7. The highest BCUT2D eigenvalue weighted by Crippen LogP contribution is 2.45. The van der Waals surface area contributed by atoms with Crippen LogP contribution in [0.4, 0.5) is 4.39 Å². The normalized spacial score (nSPS) is 14.2. The molecular formula is C35H39FN4O4. The van der Waals surface area contributed by atoms with Gasteiger partial charge in [0.15, 0.2) is 17.7 Å². The molecule has 0 saturated carbocycles. The maximum Gasteiger partial charge on any atom is 0.337 e. The van der Waals surface area contributed by atoms with E-state index in [1.54, 1.807) is 0 Å². The van der Waals surface area contributed by atoms with Crippen LogP contribution in [-0.4, -0.2) is 42.6 Å². The van der Waals surface area contributed by atoms with Gasteiger partial charge in [-0.1, -0.05) is 12.1 Å². The zero-order valence-electron chi connectivity index (χ0n) is 26.4. The Labute approximate surface area is 256 Å². The van der Waals surface area contributed by atoms with E-state index in [0.29, 0.717) is 46.8 Å². The molecule has 4 heterocycles. The predicted molar refractivity (Wildman–Crippen MR) is 169 cm³/mol. The summed E-state index contributed by atoms with van der Waals surface area (Å²) in [6.07, 6.45) is 3.57. The molecule has 0 fully saturated rings. The van der Waals surface area contributed by atoms with Crippen LogP contribution in [0.2, 0.25) is 0 Å². The maximum absolute atomic E-state index is 15.7. The van der Waals surface area contributed by atoms with Crippen LogP contribution >= 0.6 is 0 Å². The van der Waals surface area contributed by atoms with Gasteiger partial charge >= 0.3 is 5.97 Å². The van der Waals surface area contributed by atoms with Gasteiger partial charge in [-0.15, -0.1) is 0 Å². The topological polar surface area (TPSA) is 91.4 Å². The second-order valence-electron chi connectivity index (χ2n) is 12.8. The van der Waals surface area contributed by atoms with Crippen LogP contribution in [0.15, 0.2) is 36.5 Å². The third kappa shape index (κ3) is 5.23. The molecule has 6 rings (SSSR count). The third-order valence-corrected chi connectivity index (χ3v) is 8.65. The van der Waals surface area contributed by atoms with Crippen molar-refractivity contribution in [2.24, 2.45) is 14.1 Å². The van der Waals surface area contributed by atoms with E-state index in [0.717, 1.165) is 52.4 Å². The molecule has 8 nitrogen and oxygen atoms in total. The summed E-state index contributed by atoms with van der Waals surface area (Å²) in [5, 5.41) is 16.7. The number of fused-ring (bicyclic) bond motifs is 3. The number of benzene rings is 2. The Balaban J connectivity index is 1.55. The number of halogens is 1. The Kier molecular flexibility index (Phi) is 7.48. The van der Waals surface area contributed by atoms with Gasteiger partial charge in [0.05, 0.1) is 23.9 Å². The molecule has 9 heteroatoms. The van der Waals surface area contributed by atoms with Crippen molar-refractivity contribution in [3.8, 4) is 16.9 Å². The molecule has 0 aliphatic carbocycles. The van der Waals surface area contributed by atoms with Gasteiger partial charge in [0, 0.05) is 52.9 Å². The Morgan fingerprint density at radius 1 is 1.16 bits per heavy atom. The molecule has 1 aliphatic rings. The van der Waals surface area contributed by atoms with E-state index in [4.69, 9.17) is 14.5 Å². The summed E-state index contributed by atoms with van der Waals surface area (Å²) in [6, 6.07) is 9.95. The number of ether oxygens (including phenoxy) is 2. The van der Waals surface area contributed by atoms with Crippen molar-refractivity contribution in [2.45, 2.75) is 72.0 Å². The lowest BCUT2D eigenvalue weighted by Gasteiger charge is -2.29. The molecule has 0 radical (unpaired) electrons. The van der Waals surface area contributed by atoms with E-state index >= 15 is 4.39 Å². The van der Waals surface area contributed by atoms with Gasteiger partial charge < -0.3 is 19.1 Å². The molecule has 0 spiro atoms. The van der Waals surface area contributed by atoms with Crippen LogP contribution < -0.4 is 4.74 Å². The molecule has 44 heavy (non-hydrogen) atoms. The molecule has 230 valence electrons.